The Morgan fingerprint density at radius 3 is 2.57 bits per heavy atom. The molecular formula is C17H14BrN5O4S. The topological polar surface area (TPSA) is 143 Å². The lowest BCUT2D eigenvalue weighted by Crippen LogP contribution is -2.23. The van der Waals surface area contributed by atoms with Crippen LogP contribution in [0.25, 0.3) is 0 Å². The molecule has 0 saturated heterocycles. The van der Waals surface area contributed by atoms with Gasteiger partial charge < -0.3 is 20.8 Å². The molecule has 0 unspecified atom stereocenters. The molecule has 0 aliphatic carbocycles. The Balaban J connectivity index is 1.64. The number of halogens is 1. The van der Waals surface area contributed by atoms with Crippen LogP contribution in [0.3, 0.4) is 0 Å². The van der Waals surface area contributed by atoms with E-state index in [4.69, 9.17) is 10.2 Å². The Morgan fingerprint density at radius 2 is 1.93 bits per heavy atom. The number of para-hydroxylation sites is 1. The van der Waals surface area contributed by atoms with Crippen LogP contribution in [0.1, 0.15) is 10.6 Å². The number of furan rings is 1. The molecule has 28 heavy (non-hydrogen) atoms. The predicted octanol–water partition coefficient (Wildman–Crippen LogP) is 2.69. The summed E-state index contributed by atoms with van der Waals surface area (Å²) in [5, 5.41) is 5.23. The van der Waals surface area contributed by atoms with Gasteiger partial charge in [-0.15, -0.1) is 0 Å². The van der Waals surface area contributed by atoms with Crippen LogP contribution < -0.4 is 21.9 Å². The lowest BCUT2D eigenvalue weighted by atomic mass is 10.3. The first-order valence-corrected chi connectivity index (χ1v) is 9.64. The Bertz CT molecular complexity index is 1070. The summed E-state index contributed by atoms with van der Waals surface area (Å²) in [4.78, 5) is 42.8. The number of nitrogens with one attached hydrogen (secondary N) is 3. The van der Waals surface area contributed by atoms with Crippen LogP contribution in [-0.2, 0) is 4.79 Å². The van der Waals surface area contributed by atoms with Crippen LogP contribution in [0, 0.1) is 0 Å². The lowest BCUT2D eigenvalue weighted by Gasteiger charge is -2.08. The van der Waals surface area contributed by atoms with Crippen molar-refractivity contribution in [3.63, 3.8) is 0 Å². The number of rotatable bonds is 6. The highest BCUT2D eigenvalue weighted by Crippen LogP contribution is 2.19. The summed E-state index contributed by atoms with van der Waals surface area (Å²) < 4.78 is 5.49. The Morgan fingerprint density at radius 1 is 1.18 bits per heavy atom. The number of hydrogen-bond acceptors (Lipinski definition) is 7. The number of thioether (sulfide) groups is 1. The van der Waals surface area contributed by atoms with E-state index in [1.807, 2.05) is 6.07 Å². The molecule has 0 bridgehead atoms. The SMILES string of the molecule is Nc1nc(SCC(=O)Nc2ccccc2)[nH]c(=O)c1NC(=O)c1ccc(Br)o1. The number of amides is 2. The number of aromatic amines is 1. The maximum absolute atomic E-state index is 12.2. The maximum Gasteiger partial charge on any atom is 0.291 e. The van der Waals surface area contributed by atoms with Gasteiger partial charge in [-0.2, -0.15) is 0 Å². The molecule has 11 heteroatoms. The third kappa shape index (κ3) is 5.02. The van der Waals surface area contributed by atoms with Crippen LogP contribution in [0.5, 0.6) is 0 Å². The highest BCUT2D eigenvalue weighted by Gasteiger charge is 2.17. The highest BCUT2D eigenvalue weighted by atomic mass is 79.9. The first-order valence-electron chi connectivity index (χ1n) is 7.86. The molecule has 0 aliphatic heterocycles. The second kappa shape index (κ2) is 8.76. The van der Waals surface area contributed by atoms with Gasteiger partial charge in [0.15, 0.2) is 27.1 Å². The highest BCUT2D eigenvalue weighted by molar-refractivity contribution is 9.10. The van der Waals surface area contributed by atoms with Gasteiger partial charge in [0.25, 0.3) is 11.5 Å². The zero-order chi connectivity index (χ0) is 20.1. The quantitative estimate of drug-likeness (QED) is 0.324. The molecule has 3 rings (SSSR count). The molecule has 0 radical (unpaired) electrons. The summed E-state index contributed by atoms with van der Waals surface area (Å²) >= 11 is 4.09. The molecular weight excluding hydrogens is 450 g/mol. The van der Waals surface area contributed by atoms with E-state index in [9.17, 15) is 14.4 Å². The molecule has 3 aromatic rings. The normalized spacial score (nSPS) is 10.5. The minimum atomic E-state index is -0.646. The van der Waals surface area contributed by atoms with Gasteiger partial charge in [-0.05, 0) is 40.2 Å². The summed E-state index contributed by atoms with van der Waals surface area (Å²) in [6.07, 6.45) is 0. The fourth-order valence-corrected chi connectivity index (χ4v) is 3.10. The monoisotopic (exact) mass is 463 g/mol. The minimum Gasteiger partial charge on any atom is -0.444 e. The van der Waals surface area contributed by atoms with Crippen molar-refractivity contribution in [2.24, 2.45) is 0 Å². The Labute approximate surface area is 171 Å². The van der Waals surface area contributed by atoms with Gasteiger partial charge >= 0.3 is 0 Å². The van der Waals surface area contributed by atoms with Crippen molar-refractivity contribution in [3.8, 4) is 0 Å². The van der Waals surface area contributed by atoms with E-state index in [0.717, 1.165) is 11.8 Å². The van der Waals surface area contributed by atoms with E-state index in [0.29, 0.717) is 10.4 Å². The zero-order valence-electron chi connectivity index (χ0n) is 14.2. The van der Waals surface area contributed by atoms with Crippen molar-refractivity contribution in [1.82, 2.24) is 9.97 Å². The smallest absolute Gasteiger partial charge is 0.291 e. The van der Waals surface area contributed by atoms with Gasteiger partial charge in [-0.25, -0.2) is 4.98 Å². The number of hydrogen-bond donors (Lipinski definition) is 4. The number of benzene rings is 1. The molecule has 1 aromatic carbocycles. The van der Waals surface area contributed by atoms with Gasteiger partial charge in [0.1, 0.15) is 0 Å². The van der Waals surface area contributed by atoms with Crippen molar-refractivity contribution < 1.29 is 14.0 Å². The molecule has 0 spiro atoms. The molecule has 2 aromatic heterocycles. The summed E-state index contributed by atoms with van der Waals surface area (Å²) in [6, 6.07) is 11.9. The molecule has 9 nitrogen and oxygen atoms in total. The molecule has 0 saturated carbocycles. The van der Waals surface area contributed by atoms with E-state index in [2.05, 4.69) is 36.5 Å². The first-order chi connectivity index (χ1) is 13.4. The third-order valence-electron chi connectivity index (χ3n) is 3.36. The second-order valence-corrected chi connectivity index (χ2v) is 7.14. The first kappa shape index (κ1) is 19.7. The number of aromatic nitrogens is 2. The summed E-state index contributed by atoms with van der Waals surface area (Å²) in [5.41, 5.74) is 5.61. The average Bonchev–Trinajstić information content (AvgIpc) is 3.10. The van der Waals surface area contributed by atoms with Crippen molar-refractivity contribution >= 4 is 56.7 Å². The van der Waals surface area contributed by atoms with E-state index >= 15 is 0 Å². The van der Waals surface area contributed by atoms with E-state index in [-0.39, 0.29) is 34.1 Å². The molecule has 0 aliphatic rings. The van der Waals surface area contributed by atoms with Crippen molar-refractivity contribution in [1.29, 1.82) is 0 Å². The molecule has 2 heterocycles. The number of nitrogens with two attached hydrogens (primary N) is 1. The average molecular weight is 464 g/mol. The summed E-state index contributed by atoms with van der Waals surface area (Å²) in [7, 11) is 0. The maximum atomic E-state index is 12.2. The van der Waals surface area contributed by atoms with Gasteiger partial charge in [-0.1, -0.05) is 30.0 Å². The Kier molecular flexibility index (Phi) is 6.16. The zero-order valence-corrected chi connectivity index (χ0v) is 16.6. The van der Waals surface area contributed by atoms with Crippen LogP contribution in [0.2, 0.25) is 0 Å². The molecule has 0 fully saturated rings. The largest absolute Gasteiger partial charge is 0.444 e. The number of carbonyl (C=O) groups excluding carboxylic acids is 2. The van der Waals surface area contributed by atoms with Crippen molar-refractivity contribution in [3.05, 3.63) is 63.2 Å². The fourth-order valence-electron chi connectivity index (χ4n) is 2.12. The number of nitrogens with zero attached hydrogens (tertiary/aromatic N) is 1. The van der Waals surface area contributed by atoms with Gasteiger partial charge in [0, 0.05) is 5.69 Å². The van der Waals surface area contributed by atoms with E-state index in [1.54, 1.807) is 30.3 Å². The van der Waals surface area contributed by atoms with Crippen molar-refractivity contribution in [2.45, 2.75) is 5.16 Å². The van der Waals surface area contributed by atoms with Crippen LogP contribution >= 0.6 is 27.7 Å². The summed E-state index contributed by atoms with van der Waals surface area (Å²) in [6.45, 7) is 0. The third-order valence-corrected chi connectivity index (χ3v) is 4.66. The summed E-state index contributed by atoms with van der Waals surface area (Å²) in [5.74, 6) is -1.07. The molecule has 5 N–H and O–H groups in total. The van der Waals surface area contributed by atoms with E-state index in [1.165, 1.54) is 6.07 Å². The van der Waals surface area contributed by atoms with E-state index < -0.39 is 11.5 Å². The predicted molar refractivity (Wildman–Crippen MR) is 109 cm³/mol. The van der Waals surface area contributed by atoms with Crippen LogP contribution in [0.4, 0.5) is 17.2 Å². The molecule has 0 atom stereocenters. The van der Waals surface area contributed by atoms with Gasteiger partial charge in [0.2, 0.25) is 5.91 Å². The second-order valence-electron chi connectivity index (χ2n) is 5.39. The van der Waals surface area contributed by atoms with Crippen LogP contribution in [-0.4, -0.2) is 27.5 Å². The minimum absolute atomic E-state index is 0.00158. The number of nitrogen functional groups attached to an aromatic ring is 1. The van der Waals surface area contributed by atoms with Gasteiger partial charge in [0.05, 0.1) is 5.75 Å². The molecule has 144 valence electrons. The Hall–Kier alpha value is -3.05. The lowest BCUT2D eigenvalue weighted by molar-refractivity contribution is -0.113. The fraction of sp³-hybridized carbons (Fsp3) is 0.0588. The van der Waals surface area contributed by atoms with Crippen LogP contribution in [0.15, 0.2) is 61.5 Å². The van der Waals surface area contributed by atoms with Crippen molar-refractivity contribution in [2.75, 3.05) is 22.1 Å². The number of H-pyrrole nitrogens is 1. The number of carbonyl (C=O) groups is 2. The molecule has 2 amide bonds. The number of anilines is 3. The standard InChI is InChI=1S/C17H14BrN5O4S/c18-11-7-6-10(27-11)15(25)21-13-14(19)22-17(23-16(13)26)28-8-12(24)20-9-4-2-1-3-5-9/h1-7H,8H2,(H,20,24)(H,21,25)(H3,19,22,23,26). The van der Waals surface area contributed by atoms with Gasteiger partial charge in [-0.3, -0.25) is 19.4 Å².